The van der Waals surface area contributed by atoms with Crippen LogP contribution in [0.3, 0.4) is 0 Å². The van der Waals surface area contributed by atoms with Crippen molar-refractivity contribution in [3.05, 3.63) is 114 Å². The number of rotatable bonds is 4. The zero-order chi connectivity index (χ0) is 37.8. The number of oxazole rings is 1. The summed E-state index contributed by atoms with van der Waals surface area (Å²) in [6.45, 7) is 17.5. The van der Waals surface area contributed by atoms with E-state index in [4.69, 9.17) is 19.4 Å². The van der Waals surface area contributed by atoms with Crippen LogP contribution in [0.2, 0.25) is 17.3 Å². The van der Waals surface area contributed by atoms with Gasteiger partial charge in [-0.25, -0.2) is 0 Å². The van der Waals surface area contributed by atoms with Gasteiger partial charge in [0.2, 0.25) is 0 Å². The van der Waals surface area contributed by atoms with Gasteiger partial charge < -0.3 is 0 Å². The number of phenols is 1. The van der Waals surface area contributed by atoms with Crippen LogP contribution in [0.1, 0.15) is 78.0 Å². The Hall–Kier alpha value is -4.06. The molecule has 0 saturated heterocycles. The SMILES string of the molecule is CC(C)(C)c1cc(-c2cc(-c3ccccc3)ccn2)[c-]c(-c2cc3c[c]([Ge]([CH3])([CH3])[CH3])cc4c3c(n2)-c2c(cc3oc(C(C)(C)C)nc3c2O)C4(C)C)c1.[Pt]. The molecule has 8 rings (SSSR count). The molecule has 1 aliphatic carbocycles. The molecule has 0 bridgehead atoms. The smallest absolute Gasteiger partial charge is 0 e. The molecule has 7 heteroatoms. The summed E-state index contributed by atoms with van der Waals surface area (Å²) < 4.78 is 7.78. The topological polar surface area (TPSA) is 72.0 Å². The zero-order valence-electron chi connectivity index (χ0n) is 33.1. The second kappa shape index (κ2) is 13.0. The summed E-state index contributed by atoms with van der Waals surface area (Å²) >= 11 is -2.33. The molecule has 1 N–H and O–H groups in total. The number of nitrogens with zero attached hydrogens (tertiary/aromatic N) is 3. The third-order valence-corrected chi connectivity index (χ3v) is 15.1. The minimum atomic E-state index is -2.33. The molecule has 0 radical (unpaired) electrons. The Balaban J connectivity index is 0.00000450. The Bertz CT molecular complexity index is 2600. The number of aromatic nitrogens is 3. The number of fused-ring (bicyclic) bond motifs is 3. The summed E-state index contributed by atoms with van der Waals surface area (Å²) in [5.74, 6) is 8.06. The fraction of sp³-hybridized carbons (Fsp3) is 0.298. The first kappa shape index (κ1) is 38.2. The fourth-order valence-corrected chi connectivity index (χ4v) is 10.0. The molecule has 0 spiro atoms. The van der Waals surface area contributed by atoms with E-state index in [1.165, 1.54) is 15.5 Å². The van der Waals surface area contributed by atoms with Crippen molar-refractivity contribution in [2.45, 2.75) is 88.9 Å². The maximum absolute atomic E-state index is 12.2. The van der Waals surface area contributed by atoms with Crippen LogP contribution in [0, 0.1) is 6.07 Å². The molecule has 7 aromatic rings. The summed E-state index contributed by atoms with van der Waals surface area (Å²) in [5.41, 5.74) is 10.8. The van der Waals surface area contributed by atoms with Crippen LogP contribution in [-0.4, -0.2) is 33.3 Å². The molecular weight excluding hydrogens is 906 g/mol. The van der Waals surface area contributed by atoms with Gasteiger partial charge in [-0.3, -0.25) is 0 Å². The van der Waals surface area contributed by atoms with Crippen molar-refractivity contribution in [3.63, 3.8) is 0 Å². The normalized spacial score (nSPS) is 13.9. The molecule has 3 heterocycles. The Kier molecular flexibility index (Phi) is 9.22. The van der Waals surface area contributed by atoms with Gasteiger partial charge in [0.15, 0.2) is 0 Å². The van der Waals surface area contributed by atoms with E-state index >= 15 is 0 Å². The predicted molar refractivity (Wildman–Crippen MR) is 222 cm³/mol. The molecule has 1 aliphatic rings. The first-order valence-corrected chi connectivity index (χ1v) is 25.9. The van der Waals surface area contributed by atoms with E-state index in [1.807, 2.05) is 12.3 Å². The monoisotopic (exact) mass is 955 g/mol. The van der Waals surface area contributed by atoms with E-state index in [2.05, 4.69) is 152 Å². The average Bonchev–Trinajstić information content (AvgIpc) is 3.56. The molecule has 4 aromatic carbocycles. The Labute approximate surface area is 336 Å². The number of hydrogen-bond acceptors (Lipinski definition) is 5. The molecule has 54 heavy (non-hydrogen) atoms. The summed E-state index contributed by atoms with van der Waals surface area (Å²) in [6, 6.07) is 32.0. The third kappa shape index (κ3) is 6.45. The van der Waals surface area contributed by atoms with Gasteiger partial charge in [0.25, 0.3) is 0 Å². The van der Waals surface area contributed by atoms with Gasteiger partial charge in [0.1, 0.15) is 0 Å². The van der Waals surface area contributed by atoms with Crippen LogP contribution in [-0.2, 0) is 37.3 Å². The first-order chi connectivity index (χ1) is 24.8. The van der Waals surface area contributed by atoms with Crippen LogP contribution in [0.4, 0.5) is 0 Å². The quantitative estimate of drug-likeness (QED) is 0.141. The average molecular weight is 955 g/mol. The number of phenolic OH excluding ortho intramolecular Hbond substituents is 1. The zero-order valence-corrected chi connectivity index (χ0v) is 37.5. The van der Waals surface area contributed by atoms with Crippen molar-refractivity contribution < 1.29 is 30.6 Å². The van der Waals surface area contributed by atoms with Crippen LogP contribution in [0.25, 0.3) is 66.8 Å². The van der Waals surface area contributed by atoms with E-state index < -0.39 is 18.7 Å². The van der Waals surface area contributed by atoms with E-state index in [-0.39, 0.29) is 37.6 Å². The predicted octanol–water partition coefficient (Wildman–Crippen LogP) is 11.7. The summed E-state index contributed by atoms with van der Waals surface area (Å²) in [6.07, 6.45) is 1.88. The standard InChI is InChI=1S/C47H48GeN3O2.Pt/c1-45(2,3)32-20-29(36-23-28(17-18-49-36)27-15-13-12-14-16-27)19-30(21-32)37-24-31-22-33(48(9,10)11)25-34-39(31)42(50-37)40-35(47(34,7)8)26-38-41(43(40)52)51-44(53-38)46(4,5)6;/h12-18,20-26,52H,1-11H3;/q-1;. The minimum absolute atomic E-state index is 0. The van der Waals surface area contributed by atoms with Crippen molar-refractivity contribution in [3.8, 4) is 50.6 Å². The molecule has 5 nitrogen and oxygen atoms in total. The van der Waals surface area contributed by atoms with Gasteiger partial charge >= 0.3 is 287 Å². The van der Waals surface area contributed by atoms with Gasteiger partial charge in [-0.15, -0.1) is 0 Å². The number of aromatic hydroxyl groups is 1. The van der Waals surface area contributed by atoms with E-state index in [1.54, 1.807) is 0 Å². The van der Waals surface area contributed by atoms with Crippen LogP contribution in [0.15, 0.2) is 89.5 Å². The van der Waals surface area contributed by atoms with Crippen molar-refractivity contribution in [1.82, 2.24) is 15.0 Å². The van der Waals surface area contributed by atoms with Crippen LogP contribution in [0.5, 0.6) is 5.75 Å². The maximum atomic E-state index is 12.2. The van der Waals surface area contributed by atoms with E-state index in [9.17, 15) is 5.11 Å². The number of pyridine rings is 2. The van der Waals surface area contributed by atoms with Gasteiger partial charge in [0, 0.05) is 21.1 Å². The molecular formula is C47H48GeN3O2Pt-. The first-order valence-electron chi connectivity index (χ1n) is 18.6. The largest absolute Gasteiger partial charge is 0 e. The van der Waals surface area contributed by atoms with Gasteiger partial charge in [0.05, 0.1) is 0 Å². The molecule has 0 fully saturated rings. The second-order valence-electron chi connectivity index (χ2n) is 18.4. The molecule has 0 amide bonds. The van der Waals surface area contributed by atoms with Crippen molar-refractivity contribution in [2.75, 3.05) is 0 Å². The van der Waals surface area contributed by atoms with Gasteiger partial charge in [-0.05, 0) is 0 Å². The molecule has 0 unspecified atom stereocenters. The Morgan fingerprint density at radius 3 is 2.07 bits per heavy atom. The Morgan fingerprint density at radius 2 is 1.43 bits per heavy atom. The number of hydrogen-bond donors (Lipinski definition) is 1. The third-order valence-electron chi connectivity index (χ3n) is 10.8. The van der Waals surface area contributed by atoms with E-state index in [0.29, 0.717) is 17.0 Å². The second-order valence-corrected chi connectivity index (χ2v) is 29.0. The summed E-state index contributed by atoms with van der Waals surface area (Å²) in [5, 5.41) is 14.4. The summed E-state index contributed by atoms with van der Waals surface area (Å²) in [4.78, 5) is 15.2. The van der Waals surface area contributed by atoms with Crippen molar-refractivity contribution >= 4 is 39.5 Å². The van der Waals surface area contributed by atoms with Crippen LogP contribution >= 0.6 is 0 Å². The van der Waals surface area contributed by atoms with Gasteiger partial charge in [-0.2, -0.15) is 0 Å². The van der Waals surface area contributed by atoms with Crippen molar-refractivity contribution in [1.29, 1.82) is 0 Å². The maximum Gasteiger partial charge on any atom is 0 e. The summed E-state index contributed by atoms with van der Waals surface area (Å²) in [7, 11) is 0. The van der Waals surface area contributed by atoms with Crippen LogP contribution < -0.4 is 4.40 Å². The molecule has 3 aromatic heterocycles. The van der Waals surface area contributed by atoms with Crippen molar-refractivity contribution in [2.24, 2.45) is 0 Å². The van der Waals surface area contributed by atoms with E-state index in [0.717, 1.165) is 61.2 Å². The molecule has 278 valence electrons. The molecule has 0 atom stereocenters. The molecule has 0 aliphatic heterocycles. The minimum Gasteiger partial charge on any atom is 0 e. The van der Waals surface area contributed by atoms with Gasteiger partial charge in [-0.1, -0.05) is 30.3 Å². The fourth-order valence-electron chi connectivity index (χ4n) is 7.56. The Morgan fingerprint density at radius 1 is 0.741 bits per heavy atom. The number of benzene rings is 4. The molecule has 0 saturated carbocycles.